The molecule has 0 radical (unpaired) electrons. The van der Waals surface area contributed by atoms with Crippen molar-refractivity contribution in [3.63, 3.8) is 0 Å². The van der Waals surface area contributed by atoms with Crippen LogP contribution in [-0.4, -0.2) is 55.3 Å². The average molecular weight is 339 g/mol. The van der Waals surface area contributed by atoms with Gasteiger partial charge in [0, 0.05) is 25.8 Å². The minimum atomic E-state index is -2.98. The predicted molar refractivity (Wildman–Crippen MR) is 91.4 cm³/mol. The summed E-state index contributed by atoms with van der Waals surface area (Å²) in [6.45, 7) is 5.73. The molecule has 7 heteroatoms. The van der Waals surface area contributed by atoms with Crippen LogP contribution in [0.25, 0.3) is 0 Å². The van der Waals surface area contributed by atoms with Gasteiger partial charge in [0.25, 0.3) is 5.91 Å². The van der Waals surface area contributed by atoms with Gasteiger partial charge in [0.2, 0.25) is 0 Å². The number of aromatic nitrogens is 1. The number of anilines is 1. The van der Waals surface area contributed by atoms with E-state index in [1.807, 2.05) is 0 Å². The van der Waals surface area contributed by atoms with Gasteiger partial charge in [-0.15, -0.1) is 0 Å². The fourth-order valence-electron chi connectivity index (χ4n) is 2.55. The quantitative estimate of drug-likeness (QED) is 0.855. The first-order valence-corrected chi connectivity index (χ1v) is 9.97. The third kappa shape index (κ3) is 4.92. The summed E-state index contributed by atoms with van der Waals surface area (Å²) in [5.41, 5.74) is 0.498. The molecular weight excluding hydrogens is 314 g/mol. The maximum Gasteiger partial charge on any atom is 0.255 e. The van der Waals surface area contributed by atoms with Crippen LogP contribution in [0, 0.1) is 5.92 Å². The summed E-state index contributed by atoms with van der Waals surface area (Å²) in [5, 5.41) is 3.29. The Morgan fingerprint density at radius 2 is 1.91 bits per heavy atom. The summed E-state index contributed by atoms with van der Waals surface area (Å²) in [7, 11) is -2.98. The fourth-order valence-corrected chi connectivity index (χ4v) is 3.75. The van der Waals surface area contributed by atoms with Gasteiger partial charge in [0.1, 0.15) is 5.82 Å². The van der Waals surface area contributed by atoms with E-state index < -0.39 is 9.84 Å². The van der Waals surface area contributed by atoms with Gasteiger partial charge in [-0.1, -0.05) is 26.7 Å². The smallest absolute Gasteiger partial charge is 0.255 e. The molecule has 1 saturated heterocycles. The van der Waals surface area contributed by atoms with Crippen LogP contribution in [0.15, 0.2) is 18.3 Å². The van der Waals surface area contributed by atoms with E-state index in [1.165, 1.54) is 0 Å². The highest BCUT2D eigenvalue weighted by atomic mass is 32.2. The van der Waals surface area contributed by atoms with Crippen LogP contribution in [-0.2, 0) is 9.84 Å². The SMILES string of the molecule is CCC(CC)CNc1ccc(C(=O)N2CCS(=O)(=O)CC2)cn1. The Morgan fingerprint density at radius 3 is 2.43 bits per heavy atom. The lowest BCUT2D eigenvalue weighted by molar-refractivity contribution is 0.0770. The minimum Gasteiger partial charge on any atom is -0.370 e. The van der Waals surface area contributed by atoms with E-state index in [0.717, 1.165) is 25.2 Å². The van der Waals surface area contributed by atoms with E-state index in [4.69, 9.17) is 0 Å². The molecule has 1 N–H and O–H groups in total. The van der Waals surface area contributed by atoms with Gasteiger partial charge in [0.15, 0.2) is 9.84 Å². The van der Waals surface area contributed by atoms with Gasteiger partial charge >= 0.3 is 0 Å². The second kappa shape index (κ2) is 7.77. The highest BCUT2D eigenvalue weighted by molar-refractivity contribution is 7.91. The van der Waals surface area contributed by atoms with E-state index in [-0.39, 0.29) is 30.5 Å². The molecule has 0 aliphatic carbocycles. The first-order valence-electron chi connectivity index (χ1n) is 8.14. The number of sulfone groups is 1. The van der Waals surface area contributed by atoms with E-state index >= 15 is 0 Å². The molecule has 2 heterocycles. The summed E-state index contributed by atoms with van der Waals surface area (Å²) < 4.78 is 22.8. The maximum absolute atomic E-state index is 12.4. The Labute approximate surface area is 138 Å². The van der Waals surface area contributed by atoms with Crippen molar-refractivity contribution in [2.75, 3.05) is 36.5 Å². The normalized spacial score (nSPS) is 17.3. The third-order valence-corrected chi connectivity index (χ3v) is 5.98. The van der Waals surface area contributed by atoms with Gasteiger partial charge in [-0.2, -0.15) is 0 Å². The second-order valence-electron chi connectivity index (χ2n) is 5.94. The first-order chi connectivity index (χ1) is 10.9. The number of amides is 1. The molecule has 1 aliphatic rings. The van der Waals surface area contributed by atoms with Crippen molar-refractivity contribution in [2.45, 2.75) is 26.7 Å². The van der Waals surface area contributed by atoms with Gasteiger partial charge in [-0.25, -0.2) is 13.4 Å². The Morgan fingerprint density at radius 1 is 1.26 bits per heavy atom. The van der Waals surface area contributed by atoms with Crippen molar-refractivity contribution in [3.8, 4) is 0 Å². The summed E-state index contributed by atoms with van der Waals surface area (Å²) in [6, 6.07) is 3.55. The molecule has 1 amide bonds. The monoisotopic (exact) mass is 339 g/mol. The molecule has 128 valence electrons. The van der Waals surface area contributed by atoms with Gasteiger partial charge < -0.3 is 10.2 Å². The van der Waals surface area contributed by atoms with Gasteiger partial charge in [0.05, 0.1) is 17.1 Å². The van der Waals surface area contributed by atoms with Crippen molar-refractivity contribution in [1.82, 2.24) is 9.88 Å². The Kier molecular flexibility index (Phi) is 5.98. The number of pyridine rings is 1. The summed E-state index contributed by atoms with van der Waals surface area (Å²) in [4.78, 5) is 18.2. The molecule has 0 aromatic carbocycles. The van der Waals surface area contributed by atoms with Crippen molar-refractivity contribution in [2.24, 2.45) is 5.92 Å². The van der Waals surface area contributed by atoms with Crippen molar-refractivity contribution in [1.29, 1.82) is 0 Å². The van der Waals surface area contributed by atoms with Crippen LogP contribution in [0.3, 0.4) is 0 Å². The van der Waals surface area contributed by atoms with E-state index in [1.54, 1.807) is 23.2 Å². The first kappa shape index (κ1) is 17.7. The molecule has 23 heavy (non-hydrogen) atoms. The predicted octanol–water partition coefficient (Wildman–Crippen LogP) is 1.80. The van der Waals surface area contributed by atoms with Crippen LogP contribution in [0.1, 0.15) is 37.0 Å². The minimum absolute atomic E-state index is 0.0429. The zero-order valence-corrected chi connectivity index (χ0v) is 14.6. The second-order valence-corrected chi connectivity index (χ2v) is 8.24. The van der Waals surface area contributed by atoms with Crippen molar-refractivity contribution < 1.29 is 13.2 Å². The lowest BCUT2D eigenvalue weighted by atomic mass is 10.0. The standard InChI is InChI=1S/C16H25N3O3S/c1-3-13(4-2)11-17-15-6-5-14(12-18-15)16(20)19-7-9-23(21,22)10-8-19/h5-6,12-13H,3-4,7-11H2,1-2H3,(H,17,18). The maximum atomic E-state index is 12.4. The number of carbonyl (C=O) groups excluding carboxylic acids is 1. The molecule has 1 aromatic heterocycles. The highest BCUT2D eigenvalue weighted by Crippen LogP contribution is 2.13. The Bertz CT molecular complexity index is 610. The molecule has 0 bridgehead atoms. The molecule has 0 unspecified atom stereocenters. The molecular formula is C16H25N3O3S. The van der Waals surface area contributed by atoms with Gasteiger partial charge in [-0.3, -0.25) is 4.79 Å². The zero-order chi connectivity index (χ0) is 16.9. The zero-order valence-electron chi connectivity index (χ0n) is 13.8. The van der Waals surface area contributed by atoms with Crippen LogP contribution in [0.5, 0.6) is 0 Å². The fraction of sp³-hybridized carbons (Fsp3) is 0.625. The van der Waals surface area contributed by atoms with Crippen molar-refractivity contribution in [3.05, 3.63) is 23.9 Å². The molecule has 2 rings (SSSR count). The number of nitrogens with one attached hydrogen (secondary N) is 1. The molecule has 1 aromatic rings. The number of carbonyl (C=O) groups is 1. The van der Waals surface area contributed by atoms with E-state index in [2.05, 4.69) is 24.1 Å². The van der Waals surface area contributed by atoms with Crippen LogP contribution < -0.4 is 5.32 Å². The topological polar surface area (TPSA) is 79.4 Å². The van der Waals surface area contributed by atoms with E-state index in [9.17, 15) is 13.2 Å². The summed E-state index contributed by atoms with van der Waals surface area (Å²) >= 11 is 0. The molecule has 6 nitrogen and oxygen atoms in total. The number of hydrogen-bond donors (Lipinski definition) is 1. The molecule has 0 spiro atoms. The molecule has 0 saturated carbocycles. The largest absolute Gasteiger partial charge is 0.370 e. The molecule has 1 aliphatic heterocycles. The van der Waals surface area contributed by atoms with Crippen LogP contribution >= 0.6 is 0 Å². The van der Waals surface area contributed by atoms with Crippen LogP contribution in [0.2, 0.25) is 0 Å². The lowest BCUT2D eigenvalue weighted by Crippen LogP contribution is -2.43. The summed E-state index contributed by atoms with van der Waals surface area (Å²) in [5.74, 6) is 1.31. The average Bonchev–Trinajstić information content (AvgIpc) is 2.56. The Balaban J connectivity index is 1.92. The lowest BCUT2D eigenvalue weighted by Gasteiger charge is -2.26. The molecule has 0 atom stereocenters. The highest BCUT2D eigenvalue weighted by Gasteiger charge is 2.25. The van der Waals surface area contributed by atoms with Crippen molar-refractivity contribution >= 4 is 21.6 Å². The Hall–Kier alpha value is -1.63. The number of rotatable bonds is 6. The van der Waals surface area contributed by atoms with E-state index in [0.29, 0.717) is 11.5 Å². The van der Waals surface area contributed by atoms with Gasteiger partial charge in [-0.05, 0) is 18.1 Å². The summed E-state index contributed by atoms with van der Waals surface area (Å²) in [6.07, 6.45) is 3.80. The third-order valence-electron chi connectivity index (χ3n) is 4.37. The number of nitrogens with zero attached hydrogens (tertiary/aromatic N) is 2. The number of hydrogen-bond acceptors (Lipinski definition) is 5. The van der Waals surface area contributed by atoms with Crippen LogP contribution in [0.4, 0.5) is 5.82 Å². The molecule has 1 fully saturated rings.